The standard InChI is InChI=1S/C20H20N6O3/c1-13-17(20(28)25(2)18-16(29-13)9-6-10-21-18)23-19(27)15-11-22-26(24-15)12-14-7-4-3-5-8-14/h3-11,13,17H,12H2,1-2H3,(H,23,27)/t13-,17+/m1/s1. The predicted octanol–water partition coefficient (Wildman–Crippen LogP) is 1.26. The summed E-state index contributed by atoms with van der Waals surface area (Å²) in [7, 11) is 1.60. The van der Waals surface area contributed by atoms with E-state index in [1.807, 2.05) is 30.3 Å². The molecule has 1 aliphatic rings. The summed E-state index contributed by atoms with van der Waals surface area (Å²) >= 11 is 0. The lowest BCUT2D eigenvalue weighted by Crippen LogP contribution is -2.53. The van der Waals surface area contributed by atoms with Crippen molar-refractivity contribution in [3.05, 3.63) is 66.1 Å². The number of carbonyl (C=O) groups excluding carboxylic acids is 2. The summed E-state index contributed by atoms with van der Waals surface area (Å²) in [4.78, 5) is 32.6. The van der Waals surface area contributed by atoms with E-state index in [0.717, 1.165) is 5.56 Å². The van der Waals surface area contributed by atoms with Crippen LogP contribution < -0.4 is 15.0 Å². The number of hydrogen-bond acceptors (Lipinski definition) is 6. The number of nitrogens with one attached hydrogen (secondary N) is 1. The number of amides is 2. The molecule has 29 heavy (non-hydrogen) atoms. The average molecular weight is 392 g/mol. The molecule has 3 aromatic rings. The van der Waals surface area contributed by atoms with Crippen molar-refractivity contribution < 1.29 is 14.3 Å². The minimum Gasteiger partial charge on any atom is -0.484 e. The van der Waals surface area contributed by atoms with Crippen LogP contribution in [0.15, 0.2) is 54.9 Å². The molecule has 4 rings (SSSR count). The molecule has 2 aromatic heterocycles. The molecule has 0 unspecified atom stereocenters. The lowest BCUT2D eigenvalue weighted by atomic mass is 10.1. The van der Waals surface area contributed by atoms with Crippen molar-refractivity contribution in [2.75, 3.05) is 11.9 Å². The Bertz CT molecular complexity index is 1040. The molecule has 0 saturated carbocycles. The summed E-state index contributed by atoms with van der Waals surface area (Å²) in [6.45, 7) is 2.17. The first-order chi connectivity index (χ1) is 14.0. The molecular weight excluding hydrogens is 372 g/mol. The second kappa shape index (κ2) is 7.70. The van der Waals surface area contributed by atoms with Gasteiger partial charge < -0.3 is 10.1 Å². The molecule has 9 heteroatoms. The van der Waals surface area contributed by atoms with Crippen LogP contribution >= 0.6 is 0 Å². The molecule has 0 saturated heterocycles. The number of pyridine rings is 1. The van der Waals surface area contributed by atoms with Crippen LogP contribution in [0.5, 0.6) is 5.75 Å². The average Bonchev–Trinajstić information content (AvgIpc) is 3.17. The second-order valence-electron chi connectivity index (χ2n) is 6.74. The van der Waals surface area contributed by atoms with Gasteiger partial charge in [-0.2, -0.15) is 9.90 Å². The number of hydrogen-bond donors (Lipinski definition) is 1. The number of aromatic nitrogens is 4. The Morgan fingerprint density at radius 3 is 2.79 bits per heavy atom. The first kappa shape index (κ1) is 18.6. The second-order valence-corrected chi connectivity index (χ2v) is 6.74. The Labute approximate surface area is 167 Å². The third-order valence-corrected chi connectivity index (χ3v) is 4.67. The third kappa shape index (κ3) is 3.79. The summed E-state index contributed by atoms with van der Waals surface area (Å²) < 4.78 is 5.85. The third-order valence-electron chi connectivity index (χ3n) is 4.67. The highest BCUT2D eigenvalue weighted by molar-refractivity contribution is 6.02. The quantitative estimate of drug-likeness (QED) is 0.717. The molecule has 3 heterocycles. The molecule has 0 radical (unpaired) electrons. The summed E-state index contributed by atoms with van der Waals surface area (Å²) in [5.41, 5.74) is 1.14. The van der Waals surface area contributed by atoms with Gasteiger partial charge in [-0.3, -0.25) is 14.5 Å². The molecule has 2 amide bonds. The number of benzene rings is 1. The van der Waals surface area contributed by atoms with E-state index in [4.69, 9.17) is 4.74 Å². The summed E-state index contributed by atoms with van der Waals surface area (Å²) in [6.07, 6.45) is 2.38. The van der Waals surface area contributed by atoms with Gasteiger partial charge in [0.2, 0.25) is 0 Å². The van der Waals surface area contributed by atoms with E-state index >= 15 is 0 Å². The van der Waals surface area contributed by atoms with Gasteiger partial charge in [-0.05, 0) is 24.6 Å². The Morgan fingerprint density at radius 2 is 2.00 bits per heavy atom. The number of ether oxygens (including phenoxy) is 1. The summed E-state index contributed by atoms with van der Waals surface area (Å²) in [5.74, 6) is 0.0849. The molecule has 1 aliphatic heterocycles. The fraction of sp³-hybridized carbons (Fsp3) is 0.250. The number of anilines is 1. The van der Waals surface area contributed by atoms with Gasteiger partial charge in [-0.25, -0.2) is 4.98 Å². The zero-order valence-electron chi connectivity index (χ0n) is 16.0. The molecule has 9 nitrogen and oxygen atoms in total. The van der Waals surface area contributed by atoms with Gasteiger partial charge in [0.1, 0.15) is 12.1 Å². The Morgan fingerprint density at radius 1 is 1.21 bits per heavy atom. The van der Waals surface area contributed by atoms with Crippen LogP contribution in [-0.4, -0.2) is 51.0 Å². The van der Waals surface area contributed by atoms with E-state index < -0.39 is 18.1 Å². The van der Waals surface area contributed by atoms with Gasteiger partial charge in [-0.1, -0.05) is 30.3 Å². The SMILES string of the molecule is C[C@H]1Oc2cccnc2N(C)C(=O)[C@H]1NC(=O)c1cnn(Cc2ccccc2)n1. The number of rotatable bonds is 4. The lowest BCUT2D eigenvalue weighted by molar-refractivity contribution is -0.121. The van der Waals surface area contributed by atoms with Crippen molar-refractivity contribution in [2.45, 2.75) is 25.6 Å². The largest absolute Gasteiger partial charge is 0.484 e. The monoisotopic (exact) mass is 392 g/mol. The number of fused-ring (bicyclic) bond motifs is 1. The molecule has 1 aromatic carbocycles. The highest BCUT2D eigenvalue weighted by Crippen LogP contribution is 2.29. The normalized spacial score (nSPS) is 18.6. The van der Waals surface area contributed by atoms with Gasteiger partial charge in [0, 0.05) is 13.2 Å². The van der Waals surface area contributed by atoms with E-state index in [9.17, 15) is 9.59 Å². The van der Waals surface area contributed by atoms with Gasteiger partial charge in [0.15, 0.2) is 17.3 Å². The first-order valence-electron chi connectivity index (χ1n) is 9.17. The van der Waals surface area contributed by atoms with Crippen LogP contribution in [0.3, 0.4) is 0 Å². The van der Waals surface area contributed by atoms with Crippen LogP contribution in [0.25, 0.3) is 0 Å². The molecule has 0 bridgehead atoms. The van der Waals surface area contributed by atoms with Crippen molar-refractivity contribution in [3.8, 4) is 5.75 Å². The zero-order valence-corrected chi connectivity index (χ0v) is 16.0. The van der Waals surface area contributed by atoms with E-state index in [1.165, 1.54) is 15.9 Å². The van der Waals surface area contributed by atoms with E-state index in [-0.39, 0.29) is 11.6 Å². The van der Waals surface area contributed by atoms with Gasteiger partial charge in [-0.15, -0.1) is 5.10 Å². The predicted molar refractivity (Wildman–Crippen MR) is 105 cm³/mol. The highest BCUT2D eigenvalue weighted by atomic mass is 16.5. The molecule has 0 fully saturated rings. The number of likely N-dealkylation sites (N-methyl/N-ethyl adjacent to an activating group) is 1. The molecule has 2 atom stereocenters. The van der Waals surface area contributed by atoms with E-state index in [2.05, 4.69) is 20.5 Å². The van der Waals surface area contributed by atoms with Crippen LogP contribution in [0, 0.1) is 0 Å². The molecule has 148 valence electrons. The lowest BCUT2D eigenvalue weighted by Gasteiger charge is -2.23. The van der Waals surface area contributed by atoms with Crippen molar-refractivity contribution >= 4 is 17.6 Å². The fourth-order valence-corrected chi connectivity index (χ4v) is 3.13. The summed E-state index contributed by atoms with van der Waals surface area (Å²) in [6, 6.07) is 12.3. The zero-order chi connectivity index (χ0) is 20.4. The Kier molecular flexibility index (Phi) is 4.94. The van der Waals surface area contributed by atoms with Gasteiger partial charge in [0.05, 0.1) is 12.7 Å². The van der Waals surface area contributed by atoms with Crippen molar-refractivity contribution in [3.63, 3.8) is 0 Å². The molecule has 0 spiro atoms. The highest BCUT2D eigenvalue weighted by Gasteiger charge is 2.36. The van der Waals surface area contributed by atoms with Crippen LogP contribution in [0.1, 0.15) is 23.0 Å². The van der Waals surface area contributed by atoms with Crippen molar-refractivity contribution in [1.82, 2.24) is 25.3 Å². The van der Waals surface area contributed by atoms with Crippen LogP contribution in [-0.2, 0) is 11.3 Å². The maximum Gasteiger partial charge on any atom is 0.274 e. The van der Waals surface area contributed by atoms with Crippen LogP contribution in [0.4, 0.5) is 5.82 Å². The van der Waals surface area contributed by atoms with Crippen LogP contribution in [0.2, 0.25) is 0 Å². The van der Waals surface area contributed by atoms with Crippen molar-refractivity contribution in [1.29, 1.82) is 0 Å². The Hall–Kier alpha value is -3.75. The molecule has 0 aliphatic carbocycles. The Balaban J connectivity index is 1.49. The fourth-order valence-electron chi connectivity index (χ4n) is 3.13. The molecule has 1 N–H and O–H groups in total. The maximum absolute atomic E-state index is 12.9. The van der Waals surface area contributed by atoms with E-state index in [1.54, 1.807) is 32.3 Å². The smallest absolute Gasteiger partial charge is 0.274 e. The number of nitrogens with zero attached hydrogens (tertiary/aromatic N) is 5. The van der Waals surface area contributed by atoms with Gasteiger partial charge >= 0.3 is 0 Å². The van der Waals surface area contributed by atoms with E-state index in [0.29, 0.717) is 18.1 Å². The summed E-state index contributed by atoms with van der Waals surface area (Å²) in [5, 5.41) is 11.1. The topological polar surface area (TPSA) is 102 Å². The van der Waals surface area contributed by atoms with Crippen molar-refractivity contribution in [2.24, 2.45) is 0 Å². The van der Waals surface area contributed by atoms with Gasteiger partial charge in [0.25, 0.3) is 11.8 Å². The number of carbonyl (C=O) groups is 2. The first-order valence-corrected chi connectivity index (χ1v) is 9.17. The minimum atomic E-state index is -0.888. The molecular formula is C20H20N6O3. The minimum absolute atomic E-state index is 0.128. The maximum atomic E-state index is 12.9.